The Hall–Kier alpha value is -6.40. The van der Waals surface area contributed by atoms with Crippen LogP contribution >= 0.6 is 0 Å². The summed E-state index contributed by atoms with van der Waals surface area (Å²) in [4.78, 5) is 94.5. The number of amides is 6. The molecule has 5 aliphatic rings. The number of unbranched alkanes of at least 4 members (excludes halogenated alkanes) is 7. The highest BCUT2D eigenvalue weighted by molar-refractivity contribution is 5.97. The van der Waals surface area contributed by atoms with Crippen LogP contribution in [0.15, 0.2) is 66.1 Å². The van der Waals surface area contributed by atoms with Crippen LogP contribution in [-0.4, -0.2) is 127 Å². The molecular formula is C66H92F2N10O6. The Morgan fingerprint density at radius 1 is 0.571 bits per heavy atom. The van der Waals surface area contributed by atoms with Gasteiger partial charge in [-0.05, 0) is 163 Å². The third-order valence-electron chi connectivity index (χ3n) is 18.5. The number of aromatic nitrogens is 1. The molecule has 6 N–H and O–H groups in total. The number of pyridine rings is 1. The number of nitrogens with one attached hydrogen (secondary N) is 6. The van der Waals surface area contributed by atoms with Gasteiger partial charge in [-0.25, -0.2) is 8.78 Å². The Bertz CT molecular complexity index is 2800. The maximum Gasteiger partial charge on any atom is 0.254 e. The summed E-state index contributed by atoms with van der Waals surface area (Å²) >= 11 is 0. The number of hydrogen-bond donors (Lipinski definition) is 6. The van der Waals surface area contributed by atoms with E-state index in [9.17, 15) is 28.8 Å². The zero-order valence-corrected chi connectivity index (χ0v) is 50.1. The van der Waals surface area contributed by atoms with Crippen LogP contribution in [0.4, 0.5) is 8.78 Å². The van der Waals surface area contributed by atoms with E-state index in [4.69, 9.17) is 0 Å². The van der Waals surface area contributed by atoms with Crippen LogP contribution in [0.5, 0.6) is 0 Å². The first-order valence-electron chi connectivity index (χ1n) is 31.7. The van der Waals surface area contributed by atoms with Crippen molar-refractivity contribution in [3.8, 4) is 11.1 Å². The molecule has 2 saturated heterocycles. The molecule has 2 aliphatic carbocycles. The lowest BCUT2D eigenvalue weighted by atomic mass is 9.82. The molecule has 4 heterocycles. The van der Waals surface area contributed by atoms with Crippen molar-refractivity contribution in [1.29, 1.82) is 0 Å². The number of likely N-dealkylation sites (N-methyl/N-ethyl adjacent to an activating group) is 2. The van der Waals surface area contributed by atoms with Gasteiger partial charge in [-0.3, -0.25) is 38.7 Å². The topological polar surface area (TPSA) is 206 Å². The average molecular weight is 1160 g/mol. The van der Waals surface area contributed by atoms with Crippen LogP contribution in [0.2, 0.25) is 0 Å². The molecule has 18 heteroatoms. The number of halogens is 2. The van der Waals surface area contributed by atoms with Crippen LogP contribution in [0.3, 0.4) is 0 Å². The SMILES string of the molecule is CN[C@@H](C)C(=O)N[C@H](C(=O)N1CCC[C@H]1c1cncc(-c2ccc(F)c(C(=O)NCCCCCCCCCCNC(=O)c3cc(C4=CN=CC([C@@H]5CCCN5C(=O)[C@@H](NC(=O)[C@H](C)NC)C5CCCCC5)C4)ccc3F)c2)c1)C1CCCCC1. The smallest absolute Gasteiger partial charge is 0.254 e. The molecule has 4 fully saturated rings. The largest absolute Gasteiger partial charge is 0.352 e. The molecule has 84 heavy (non-hydrogen) atoms. The highest BCUT2D eigenvalue weighted by Gasteiger charge is 2.42. The van der Waals surface area contributed by atoms with Gasteiger partial charge >= 0.3 is 0 Å². The number of likely N-dealkylation sites (tertiary alicyclic amines) is 2. The summed E-state index contributed by atoms with van der Waals surface area (Å²) in [6.07, 6.45) is 28.4. The molecule has 7 atom stereocenters. The van der Waals surface area contributed by atoms with Crippen LogP contribution in [0, 0.1) is 29.4 Å². The van der Waals surface area contributed by atoms with E-state index in [1.807, 2.05) is 22.1 Å². The minimum atomic E-state index is -0.610. The van der Waals surface area contributed by atoms with Crippen molar-refractivity contribution in [1.82, 2.24) is 46.7 Å². The molecule has 6 amide bonds. The summed E-state index contributed by atoms with van der Waals surface area (Å²) < 4.78 is 30.4. The predicted octanol–water partition coefficient (Wildman–Crippen LogP) is 9.74. The minimum absolute atomic E-state index is 0.0154. The second kappa shape index (κ2) is 31.7. The van der Waals surface area contributed by atoms with Gasteiger partial charge in [-0.1, -0.05) is 89.2 Å². The first kappa shape index (κ1) is 63.6. The summed E-state index contributed by atoms with van der Waals surface area (Å²) in [5.41, 5.74) is 3.76. The zero-order chi connectivity index (χ0) is 59.5. The first-order valence-corrected chi connectivity index (χ1v) is 31.7. The van der Waals surface area contributed by atoms with Gasteiger partial charge in [-0.2, -0.15) is 0 Å². The van der Waals surface area contributed by atoms with Crippen LogP contribution < -0.4 is 31.9 Å². The summed E-state index contributed by atoms with van der Waals surface area (Å²) in [5.74, 6) is -2.47. The van der Waals surface area contributed by atoms with Crippen LogP contribution in [-0.2, 0) is 19.2 Å². The molecule has 456 valence electrons. The van der Waals surface area contributed by atoms with Crippen molar-refractivity contribution in [3.63, 3.8) is 0 Å². The lowest BCUT2D eigenvalue weighted by molar-refractivity contribution is -0.140. The lowest BCUT2D eigenvalue weighted by Crippen LogP contribution is -2.57. The van der Waals surface area contributed by atoms with E-state index in [0.717, 1.165) is 158 Å². The van der Waals surface area contributed by atoms with Gasteiger partial charge < -0.3 is 41.7 Å². The summed E-state index contributed by atoms with van der Waals surface area (Å²) in [6, 6.07) is 8.78. The first-order chi connectivity index (χ1) is 40.8. The van der Waals surface area contributed by atoms with Crippen molar-refractivity contribution in [2.24, 2.45) is 22.7 Å². The normalized spacial score (nSPS) is 20.8. The van der Waals surface area contributed by atoms with E-state index in [1.54, 1.807) is 70.8 Å². The van der Waals surface area contributed by atoms with E-state index in [0.29, 0.717) is 43.7 Å². The quantitative estimate of drug-likeness (QED) is 0.0401. The Morgan fingerprint density at radius 3 is 1.63 bits per heavy atom. The summed E-state index contributed by atoms with van der Waals surface area (Å²) in [7, 11) is 3.47. The fourth-order valence-corrected chi connectivity index (χ4v) is 13.3. The molecule has 16 nitrogen and oxygen atoms in total. The molecule has 3 aliphatic heterocycles. The Labute approximate surface area is 496 Å². The number of carbonyl (C=O) groups is 6. The van der Waals surface area contributed by atoms with Crippen LogP contribution in [0.25, 0.3) is 16.7 Å². The summed E-state index contributed by atoms with van der Waals surface area (Å²) in [6.45, 7) is 5.63. The van der Waals surface area contributed by atoms with Crippen molar-refractivity contribution in [2.45, 2.75) is 198 Å². The third kappa shape index (κ3) is 16.7. The number of nitrogens with zero attached hydrogens (tertiary/aromatic N) is 4. The molecule has 8 rings (SSSR count). The highest BCUT2D eigenvalue weighted by Crippen LogP contribution is 2.38. The molecular weight excluding hydrogens is 1070 g/mol. The van der Waals surface area contributed by atoms with Gasteiger partial charge in [-0.15, -0.1) is 0 Å². The Kier molecular flexibility index (Phi) is 24.0. The lowest BCUT2D eigenvalue weighted by Gasteiger charge is -2.37. The van der Waals surface area contributed by atoms with Crippen molar-refractivity contribution < 1.29 is 37.5 Å². The van der Waals surface area contributed by atoms with E-state index >= 15 is 8.78 Å². The van der Waals surface area contributed by atoms with Crippen molar-refractivity contribution >= 4 is 47.2 Å². The number of carbonyl (C=O) groups excluding carboxylic acids is 6. The predicted molar refractivity (Wildman–Crippen MR) is 325 cm³/mol. The highest BCUT2D eigenvalue weighted by atomic mass is 19.1. The number of allylic oxidation sites excluding steroid dienone is 1. The second-order valence-corrected chi connectivity index (χ2v) is 24.3. The average Bonchev–Trinajstić information content (AvgIpc) is 2.68. The maximum absolute atomic E-state index is 15.2. The van der Waals surface area contributed by atoms with E-state index in [1.165, 1.54) is 12.1 Å². The van der Waals surface area contributed by atoms with Gasteiger partial charge in [0.05, 0.1) is 29.3 Å². The van der Waals surface area contributed by atoms with Gasteiger partial charge in [0.1, 0.15) is 23.7 Å². The third-order valence-corrected chi connectivity index (χ3v) is 18.5. The second-order valence-electron chi connectivity index (χ2n) is 24.3. The number of hydrogen-bond acceptors (Lipinski definition) is 10. The fourth-order valence-electron chi connectivity index (χ4n) is 13.3. The molecule has 0 radical (unpaired) electrons. The monoisotopic (exact) mass is 1160 g/mol. The van der Waals surface area contributed by atoms with Crippen molar-refractivity contribution in [2.75, 3.05) is 40.3 Å². The molecule has 1 aromatic heterocycles. The standard InChI is InChI=1S/C66H92F2N10O6/c1-43(69-3)61(79)75-59(45-21-13-11-14-22-45)65(83)77-33-19-25-57(77)51-35-49(39-71-41-51)47-27-29-55(67)53(37-47)63(81)73-31-17-9-7-5-6-8-10-18-32-74-64(82)54-38-48(28-30-56(54)68)50-36-52(42-72-40-50)58-26-20-34-78(58)66(84)60(46-23-15-12-16-24-46)76-62(80)44(2)70-4/h27-30,35,37-46,52,57-60,69-70H,5-26,31-34,36H2,1-4H3,(H,73,81)(H,74,82)(H,75,79)(H,76,80)/t43-,44-,52?,57-,58-,59-,60-/m0/s1. The fraction of sp³-hybridized carbons (Fsp3) is 0.606. The number of rotatable bonds is 27. The molecule has 2 aromatic carbocycles. The van der Waals surface area contributed by atoms with Gasteiger partial charge in [0.15, 0.2) is 0 Å². The van der Waals surface area contributed by atoms with E-state index in [2.05, 4.69) is 41.9 Å². The number of benzene rings is 2. The molecule has 1 unspecified atom stereocenters. The number of aliphatic imine (C=N–C) groups is 1. The van der Waals surface area contributed by atoms with Crippen LogP contribution in [0.1, 0.15) is 199 Å². The van der Waals surface area contributed by atoms with Gasteiger partial charge in [0.2, 0.25) is 23.6 Å². The van der Waals surface area contributed by atoms with Gasteiger partial charge in [0.25, 0.3) is 11.8 Å². The maximum atomic E-state index is 15.2. The van der Waals surface area contributed by atoms with E-state index < -0.39 is 47.6 Å². The molecule has 3 aromatic rings. The molecule has 2 saturated carbocycles. The molecule has 0 bridgehead atoms. The van der Waals surface area contributed by atoms with Crippen molar-refractivity contribution in [3.05, 3.63) is 94.9 Å². The minimum Gasteiger partial charge on any atom is -0.352 e. The zero-order valence-electron chi connectivity index (χ0n) is 50.1. The Balaban J connectivity index is 0.730. The summed E-state index contributed by atoms with van der Waals surface area (Å²) in [5, 5.41) is 18.0. The molecule has 0 spiro atoms. The van der Waals surface area contributed by atoms with E-state index in [-0.39, 0.29) is 64.6 Å². The van der Waals surface area contributed by atoms with Gasteiger partial charge in [0, 0.05) is 68.5 Å². The Morgan fingerprint density at radius 2 is 1.07 bits per heavy atom.